The summed E-state index contributed by atoms with van der Waals surface area (Å²) in [5.41, 5.74) is 7.97. The van der Waals surface area contributed by atoms with E-state index < -0.39 is 16.1 Å². The number of aryl methyl sites for hydroxylation is 1. The number of hydrogen-bond acceptors (Lipinski definition) is 7. The largest absolute Gasteiger partial charge is 0.397 e. The van der Waals surface area contributed by atoms with Gasteiger partial charge in [-0.05, 0) is 67.7 Å². The number of aromatic nitrogens is 1. The first kappa shape index (κ1) is 30.7. The first-order valence-electron chi connectivity index (χ1n) is 14.2. The Kier molecular flexibility index (Phi) is 10.5. The van der Waals surface area contributed by atoms with Crippen molar-refractivity contribution in [1.29, 1.82) is 0 Å². The molecule has 1 aromatic carbocycles. The highest BCUT2D eigenvalue weighted by Crippen LogP contribution is 2.36. The van der Waals surface area contributed by atoms with E-state index in [1.807, 2.05) is 23.6 Å². The van der Waals surface area contributed by atoms with E-state index in [0.717, 1.165) is 29.8 Å². The number of likely N-dealkylation sites (tertiary alicyclic amines) is 1. The standard InChI is InChI=1S/C30H39N5O4S2/c1-3-21-15-17-35(18-16-21)30(37)25(10-5-8-23-14-13-22(31)20-32-23)34-41(38,39)27-12-6-9-24(26-11-7-19-40-26)29(27)33-28(36)4-2/h6-7,9,11-14,19-21,25,34H,3-5,8,10,15-18,31H2,1-2H3,(H,33,36)/t25-/m0/s1. The molecule has 3 heterocycles. The predicted octanol–water partition coefficient (Wildman–Crippen LogP) is 5.06. The summed E-state index contributed by atoms with van der Waals surface area (Å²) in [6.45, 7) is 5.09. The molecule has 3 aromatic rings. The number of nitrogen functional groups attached to an aromatic ring is 1. The molecular formula is C30H39N5O4S2. The number of carbonyl (C=O) groups is 2. The number of carbonyl (C=O) groups excluding carboxylic acids is 2. The van der Waals surface area contributed by atoms with E-state index in [9.17, 15) is 18.0 Å². The van der Waals surface area contributed by atoms with E-state index in [2.05, 4.69) is 21.9 Å². The van der Waals surface area contributed by atoms with E-state index in [0.29, 0.717) is 49.5 Å². The van der Waals surface area contributed by atoms with Gasteiger partial charge < -0.3 is 16.0 Å². The second-order valence-electron chi connectivity index (χ2n) is 10.4. The molecule has 2 aromatic heterocycles. The van der Waals surface area contributed by atoms with Gasteiger partial charge in [-0.1, -0.05) is 38.5 Å². The van der Waals surface area contributed by atoms with Gasteiger partial charge in [-0.2, -0.15) is 4.72 Å². The molecule has 0 bridgehead atoms. The molecule has 0 unspecified atom stereocenters. The molecule has 0 aliphatic carbocycles. The lowest BCUT2D eigenvalue weighted by Crippen LogP contribution is -2.50. The highest BCUT2D eigenvalue weighted by atomic mass is 32.2. The Hall–Kier alpha value is -3.28. The van der Waals surface area contributed by atoms with Crippen LogP contribution in [0.15, 0.2) is 58.9 Å². The average Bonchev–Trinajstić information content (AvgIpc) is 3.52. The summed E-state index contributed by atoms with van der Waals surface area (Å²) in [6.07, 6.45) is 6.11. The maximum atomic E-state index is 14.0. The van der Waals surface area contributed by atoms with E-state index >= 15 is 0 Å². The normalized spacial score (nSPS) is 15.0. The van der Waals surface area contributed by atoms with Crippen LogP contribution in [0.5, 0.6) is 0 Å². The Balaban J connectivity index is 1.62. The summed E-state index contributed by atoms with van der Waals surface area (Å²) in [7, 11) is -4.20. The number of hydrogen-bond donors (Lipinski definition) is 3. The molecule has 4 N–H and O–H groups in total. The van der Waals surface area contributed by atoms with Gasteiger partial charge in [0.2, 0.25) is 21.8 Å². The number of nitrogens with zero attached hydrogens (tertiary/aromatic N) is 2. The van der Waals surface area contributed by atoms with Gasteiger partial charge in [-0.15, -0.1) is 11.3 Å². The van der Waals surface area contributed by atoms with E-state index in [-0.39, 0.29) is 28.8 Å². The molecule has 220 valence electrons. The van der Waals surface area contributed by atoms with Gasteiger partial charge in [0.1, 0.15) is 10.9 Å². The van der Waals surface area contributed by atoms with Crippen molar-refractivity contribution in [3.8, 4) is 10.4 Å². The molecule has 41 heavy (non-hydrogen) atoms. The molecule has 1 aliphatic heterocycles. The molecule has 1 atom stereocenters. The highest BCUT2D eigenvalue weighted by Gasteiger charge is 2.33. The number of amides is 2. The van der Waals surface area contributed by atoms with E-state index in [1.165, 1.54) is 17.4 Å². The van der Waals surface area contributed by atoms with Crippen LogP contribution < -0.4 is 15.8 Å². The van der Waals surface area contributed by atoms with Crippen LogP contribution in [0.25, 0.3) is 10.4 Å². The van der Waals surface area contributed by atoms with Crippen molar-refractivity contribution < 1.29 is 18.0 Å². The van der Waals surface area contributed by atoms with Crippen LogP contribution in [0.2, 0.25) is 0 Å². The zero-order valence-electron chi connectivity index (χ0n) is 23.6. The third-order valence-corrected chi connectivity index (χ3v) is 9.98. The minimum atomic E-state index is -4.20. The zero-order chi connectivity index (χ0) is 29.4. The van der Waals surface area contributed by atoms with Gasteiger partial charge in [0.05, 0.1) is 17.6 Å². The Morgan fingerprint density at radius 1 is 1.12 bits per heavy atom. The summed E-state index contributed by atoms with van der Waals surface area (Å²) in [5.74, 6) is 0.0605. The number of para-hydroxylation sites is 1. The lowest BCUT2D eigenvalue weighted by Gasteiger charge is -2.34. The number of sulfonamides is 1. The Morgan fingerprint density at radius 3 is 2.54 bits per heavy atom. The molecule has 0 radical (unpaired) electrons. The Morgan fingerprint density at radius 2 is 1.90 bits per heavy atom. The summed E-state index contributed by atoms with van der Waals surface area (Å²) >= 11 is 1.45. The van der Waals surface area contributed by atoms with Crippen LogP contribution in [0.1, 0.15) is 58.1 Å². The maximum absolute atomic E-state index is 14.0. The van der Waals surface area contributed by atoms with Crippen molar-refractivity contribution >= 4 is 44.5 Å². The first-order valence-corrected chi connectivity index (χ1v) is 16.6. The van der Waals surface area contributed by atoms with Gasteiger partial charge in [-0.25, -0.2) is 8.42 Å². The van der Waals surface area contributed by atoms with Crippen LogP contribution in [0.4, 0.5) is 11.4 Å². The Bertz CT molecular complexity index is 1420. The minimum Gasteiger partial charge on any atom is -0.397 e. The zero-order valence-corrected chi connectivity index (χ0v) is 25.3. The van der Waals surface area contributed by atoms with Crippen LogP contribution in [0, 0.1) is 5.92 Å². The van der Waals surface area contributed by atoms with Crippen LogP contribution in [-0.2, 0) is 26.0 Å². The fourth-order valence-electron chi connectivity index (χ4n) is 5.09. The van der Waals surface area contributed by atoms with Gasteiger partial charge in [0, 0.05) is 35.6 Å². The van der Waals surface area contributed by atoms with Crippen molar-refractivity contribution in [3.05, 3.63) is 59.7 Å². The molecule has 4 rings (SSSR count). The number of nitrogens with two attached hydrogens (primary N) is 1. The van der Waals surface area contributed by atoms with Crippen molar-refractivity contribution in [2.75, 3.05) is 24.1 Å². The molecule has 1 fully saturated rings. The lowest BCUT2D eigenvalue weighted by molar-refractivity contribution is -0.134. The number of rotatable bonds is 12. The average molecular weight is 598 g/mol. The lowest BCUT2D eigenvalue weighted by atomic mass is 9.94. The number of benzene rings is 1. The minimum absolute atomic E-state index is 0.0621. The van der Waals surface area contributed by atoms with E-state index in [4.69, 9.17) is 5.73 Å². The summed E-state index contributed by atoms with van der Waals surface area (Å²) < 4.78 is 30.6. The number of nitrogens with one attached hydrogen (secondary N) is 2. The number of pyridine rings is 1. The second-order valence-corrected chi connectivity index (χ2v) is 13.0. The fourth-order valence-corrected chi connectivity index (χ4v) is 7.25. The quantitative estimate of drug-likeness (QED) is 0.267. The third-order valence-electron chi connectivity index (χ3n) is 7.56. The molecule has 2 amide bonds. The molecule has 1 aliphatic rings. The molecule has 0 saturated carbocycles. The van der Waals surface area contributed by atoms with Crippen molar-refractivity contribution in [2.45, 2.75) is 69.7 Å². The highest BCUT2D eigenvalue weighted by molar-refractivity contribution is 7.89. The third kappa shape index (κ3) is 7.93. The number of piperidine rings is 1. The van der Waals surface area contributed by atoms with Crippen molar-refractivity contribution in [3.63, 3.8) is 0 Å². The topological polar surface area (TPSA) is 134 Å². The molecule has 9 nitrogen and oxygen atoms in total. The molecule has 0 spiro atoms. The van der Waals surface area contributed by atoms with Crippen LogP contribution in [0.3, 0.4) is 0 Å². The van der Waals surface area contributed by atoms with Gasteiger partial charge in [0.15, 0.2) is 0 Å². The second kappa shape index (κ2) is 14.1. The van der Waals surface area contributed by atoms with E-state index in [1.54, 1.807) is 36.2 Å². The first-order chi connectivity index (χ1) is 19.7. The summed E-state index contributed by atoms with van der Waals surface area (Å²) in [6, 6.07) is 11.3. The summed E-state index contributed by atoms with van der Waals surface area (Å²) in [5, 5.41) is 4.70. The predicted molar refractivity (Wildman–Crippen MR) is 164 cm³/mol. The molecule has 1 saturated heterocycles. The smallest absolute Gasteiger partial charge is 0.243 e. The number of thiophene rings is 1. The Labute approximate surface area is 246 Å². The van der Waals surface area contributed by atoms with Gasteiger partial charge >= 0.3 is 0 Å². The van der Waals surface area contributed by atoms with Gasteiger partial charge in [-0.3, -0.25) is 14.6 Å². The van der Waals surface area contributed by atoms with Crippen molar-refractivity contribution in [1.82, 2.24) is 14.6 Å². The SMILES string of the molecule is CCC(=O)Nc1c(-c2cccs2)cccc1S(=O)(=O)N[C@@H](CCCc1ccc(N)cn1)C(=O)N1CCC(CC)CC1. The van der Waals surface area contributed by atoms with Crippen molar-refractivity contribution in [2.24, 2.45) is 5.92 Å². The summed E-state index contributed by atoms with van der Waals surface area (Å²) in [4.78, 5) is 33.1. The monoisotopic (exact) mass is 597 g/mol. The maximum Gasteiger partial charge on any atom is 0.243 e. The number of anilines is 2. The molecule has 11 heteroatoms. The molecular weight excluding hydrogens is 558 g/mol. The van der Waals surface area contributed by atoms with Crippen LogP contribution >= 0.6 is 11.3 Å². The van der Waals surface area contributed by atoms with Crippen LogP contribution in [-0.4, -0.2) is 49.2 Å². The fraction of sp³-hybridized carbons (Fsp3) is 0.433. The van der Waals surface area contributed by atoms with Gasteiger partial charge in [0.25, 0.3) is 0 Å².